The molecular weight excluding hydrogens is 196 g/mol. The van der Waals surface area contributed by atoms with Crippen molar-refractivity contribution in [2.75, 3.05) is 13.2 Å². The fraction of sp³-hybridized carbons (Fsp3) is 0.714. The van der Waals surface area contributed by atoms with Crippen molar-refractivity contribution in [1.82, 2.24) is 9.36 Å². The summed E-state index contributed by atoms with van der Waals surface area (Å²) in [6.07, 6.45) is 2.09. The maximum absolute atomic E-state index is 5.64. The van der Waals surface area contributed by atoms with Crippen LogP contribution in [0.25, 0.3) is 0 Å². The fourth-order valence-electron chi connectivity index (χ4n) is 1.33. The average Bonchev–Trinajstić information content (AvgIpc) is 2.54. The predicted octanol–water partition coefficient (Wildman–Crippen LogP) is 2.09. The van der Waals surface area contributed by atoms with Crippen LogP contribution in [0.1, 0.15) is 23.8 Å². The van der Waals surface area contributed by atoms with E-state index in [-0.39, 0.29) is 0 Å². The van der Waals surface area contributed by atoms with Gasteiger partial charge >= 0.3 is 0 Å². The van der Waals surface area contributed by atoms with Crippen LogP contribution in [0.4, 0.5) is 0 Å². The first-order valence-electron chi connectivity index (χ1n) is 3.93. The zero-order valence-corrected chi connectivity index (χ0v) is 8.07. The molecule has 0 radical (unpaired) electrons. The Balaban J connectivity index is 2.08. The molecule has 1 aliphatic rings. The van der Waals surface area contributed by atoms with Gasteiger partial charge in [0.1, 0.15) is 5.01 Å². The van der Waals surface area contributed by atoms with E-state index in [2.05, 4.69) is 9.36 Å². The van der Waals surface area contributed by atoms with E-state index in [1.54, 1.807) is 0 Å². The van der Waals surface area contributed by atoms with Crippen LogP contribution in [-0.2, 0) is 4.74 Å². The zero-order valence-electron chi connectivity index (χ0n) is 6.49. The SMILES string of the molecule is Clc1nsc(C2CCOCC2)n1. The third-order valence-corrected chi connectivity index (χ3v) is 3.13. The molecule has 0 spiro atoms. The van der Waals surface area contributed by atoms with Crippen LogP contribution in [0.2, 0.25) is 5.28 Å². The molecule has 0 atom stereocenters. The molecule has 2 rings (SSSR count). The van der Waals surface area contributed by atoms with Crippen LogP contribution in [0, 0.1) is 0 Å². The van der Waals surface area contributed by atoms with Crippen LogP contribution in [0.3, 0.4) is 0 Å². The summed E-state index contributed by atoms with van der Waals surface area (Å²) < 4.78 is 9.20. The Morgan fingerprint density at radius 2 is 2.17 bits per heavy atom. The van der Waals surface area contributed by atoms with Gasteiger partial charge in [-0.25, -0.2) is 4.98 Å². The highest BCUT2D eigenvalue weighted by molar-refractivity contribution is 7.05. The van der Waals surface area contributed by atoms with Crippen LogP contribution < -0.4 is 0 Å². The van der Waals surface area contributed by atoms with Gasteiger partial charge in [-0.1, -0.05) is 0 Å². The van der Waals surface area contributed by atoms with Crippen molar-refractivity contribution < 1.29 is 4.74 Å². The fourth-order valence-corrected chi connectivity index (χ4v) is 2.29. The number of aromatic nitrogens is 2. The van der Waals surface area contributed by atoms with Gasteiger partial charge in [-0.3, -0.25) is 0 Å². The Morgan fingerprint density at radius 3 is 2.75 bits per heavy atom. The van der Waals surface area contributed by atoms with E-state index >= 15 is 0 Å². The maximum Gasteiger partial charge on any atom is 0.234 e. The van der Waals surface area contributed by atoms with Gasteiger partial charge in [0.25, 0.3) is 0 Å². The molecule has 2 heterocycles. The topological polar surface area (TPSA) is 35.0 Å². The lowest BCUT2D eigenvalue weighted by atomic mass is 10.0. The third kappa shape index (κ3) is 1.76. The molecule has 0 aromatic carbocycles. The summed E-state index contributed by atoms with van der Waals surface area (Å²) in [6.45, 7) is 1.67. The summed E-state index contributed by atoms with van der Waals surface area (Å²) in [5.74, 6) is 0.517. The number of hydrogen-bond donors (Lipinski definition) is 0. The van der Waals surface area contributed by atoms with Gasteiger partial charge in [0, 0.05) is 19.1 Å². The highest BCUT2D eigenvalue weighted by Gasteiger charge is 2.19. The lowest BCUT2D eigenvalue weighted by Gasteiger charge is -2.18. The van der Waals surface area contributed by atoms with Gasteiger partial charge in [0.2, 0.25) is 5.28 Å². The monoisotopic (exact) mass is 204 g/mol. The molecule has 5 heteroatoms. The van der Waals surface area contributed by atoms with Crippen LogP contribution in [-0.4, -0.2) is 22.6 Å². The predicted molar refractivity (Wildman–Crippen MR) is 47.7 cm³/mol. The first kappa shape index (κ1) is 8.41. The number of nitrogens with zero attached hydrogens (tertiary/aromatic N) is 2. The van der Waals surface area contributed by atoms with Crippen molar-refractivity contribution in [2.45, 2.75) is 18.8 Å². The van der Waals surface area contributed by atoms with Crippen molar-refractivity contribution in [3.05, 3.63) is 10.3 Å². The lowest BCUT2D eigenvalue weighted by Crippen LogP contribution is -2.13. The normalized spacial score (nSPS) is 19.8. The van der Waals surface area contributed by atoms with E-state index in [0.717, 1.165) is 31.1 Å². The molecule has 0 saturated carbocycles. The summed E-state index contributed by atoms with van der Waals surface area (Å²) in [6, 6.07) is 0. The molecule has 0 unspecified atom stereocenters. The minimum Gasteiger partial charge on any atom is -0.381 e. The Hall–Kier alpha value is -0.190. The molecule has 1 saturated heterocycles. The van der Waals surface area contributed by atoms with E-state index in [4.69, 9.17) is 16.3 Å². The van der Waals surface area contributed by atoms with E-state index in [9.17, 15) is 0 Å². The lowest BCUT2D eigenvalue weighted by molar-refractivity contribution is 0.0853. The van der Waals surface area contributed by atoms with Crippen molar-refractivity contribution in [3.8, 4) is 0 Å². The zero-order chi connectivity index (χ0) is 8.39. The van der Waals surface area contributed by atoms with Gasteiger partial charge in [-0.05, 0) is 36.0 Å². The molecule has 1 fully saturated rings. The largest absolute Gasteiger partial charge is 0.381 e. The number of ether oxygens (including phenoxy) is 1. The van der Waals surface area contributed by atoms with Gasteiger partial charge < -0.3 is 4.74 Å². The molecular formula is C7H9ClN2OS. The molecule has 66 valence electrons. The molecule has 1 aromatic heterocycles. The molecule has 3 nitrogen and oxygen atoms in total. The molecule has 0 N–H and O–H groups in total. The van der Waals surface area contributed by atoms with Crippen molar-refractivity contribution in [1.29, 1.82) is 0 Å². The average molecular weight is 205 g/mol. The quantitative estimate of drug-likeness (QED) is 0.703. The van der Waals surface area contributed by atoms with E-state index < -0.39 is 0 Å². The number of halogens is 1. The summed E-state index contributed by atoms with van der Waals surface area (Å²) in [5.41, 5.74) is 0. The number of hydrogen-bond acceptors (Lipinski definition) is 4. The first-order valence-corrected chi connectivity index (χ1v) is 5.08. The Morgan fingerprint density at radius 1 is 1.42 bits per heavy atom. The van der Waals surface area contributed by atoms with Gasteiger partial charge in [0.15, 0.2) is 0 Å². The van der Waals surface area contributed by atoms with Crippen LogP contribution in [0.15, 0.2) is 0 Å². The Labute approximate surface area is 79.9 Å². The molecule has 1 aliphatic heterocycles. The molecule has 0 amide bonds. The summed E-state index contributed by atoms with van der Waals surface area (Å²) in [5, 5.41) is 1.43. The highest BCUT2D eigenvalue weighted by atomic mass is 35.5. The second-order valence-corrected chi connectivity index (χ2v) is 3.91. The third-order valence-electron chi connectivity index (χ3n) is 1.99. The maximum atomic E-state index is 5.64. The standard InChI is InChI=1S/C7H9ClN2OS/c8-7-9-6(12-10-7)5-1-3-11-4-2-5/h5H,1-4H2. The van der Waals surface area contributed by atoms with Crippen LogP contribution >= 0.6 is 23.1 Å². The molecule has 1 aromatic rings. The summed E-state index contributed by atoms with van der Waals surface area (Å²) in [4.78, 5) is 4.15. The van der Waals surface area contributed by atoms with E-state index in [1.807, 2.05) is 0 Å². The summed E-state index contributed by atoms with van der Waals surface area (Å²) in [7, 11) is 0. The summed E-state index contributed by atoms with van der Waals surface area (Å²) >= 11 is 7.04. The van der Waals surface area contributed by atoms with Gasteiger partial charge in [-0.15, -0.1) is 0 Å². The first-order chi connectivity index (χ1) is 5.86. The minimum absolute atomic E-state index is 0.376. The Kier molecular flexibility index (Phi) is 2.58. The molecule has 0 aliphatic carbocycles. The van der Waals surface area contributed by atoms with Crippen molar-refractivity contribution in [2.24, 2.45) is 0 Å². The van der Waals surface area contributed by atoms with Gasteiger partial charge in [0.05, 0.1) is 0 Å². The second kappa shape index (κ2) is 3.68. The smallest absolute Gasteiger partial charge is 0.234 e. The van der Waals surface area contributed by atoms with Crippen molar-refractivity contribution in [3.63, 3.8) is 0 Å². The van der Waals surface area contributed by atoms with E-state index in [1.165, 1.54) is 11.5 Å². The Bertz CT molecular complexity index is 260. The van der Waals surface area contributed by atoms with Crippen molar-refractivity contribution >= 4 is 23.1 Å². The second-order valence-electron chi connectivity index (χ2n) is 2.79. The molecule has 12 heavy (non-hydrogen) atoms. The molecule has 0 bridgehead atoms. The highest BCUT2D eigenvalue weighted by Crippen LogP contribution is 2.28. The number of rotatable bonds is 1. The van der Waals surface area contributed by atoms with Crippen LogP contribution in [0.5, 0.6) is 0 Å². The van der Waals surface area contributed by atoms with Gasteiger partial charge in [-0.2, -0.15) is 4.37 Å². The minimum atomic E-state index is 0.376. The van der Waals surface area contributed by atoms with E-state index in [0.29, 0.717) is 11.2 Å².